The second-order valence-corrected chi connectivity index (χ2v) is 6.70. The molecule has 0 bridgehead atoms. The van der Waals surface area contributed by atoms with Crippen molar-refractivity contribution in [1.29, 1.82) is 0 Å². The molecule has 0 aliphatic heterocycles. The fourth-order valence-corrected chi connectivity index (χ4v) is 1.95. The van der Waals surface area contributed by atoms with Crippen molar-refractivity contribution in [2.45, 2.75) is 65.0 Å². The summed E-state index contributed by atoms with van der Waals surface area (Å²) in [5.41, 5.74) is -0.178. The van der Waals surface area contributed by atoms with Gasteiger partial charge in [-0.15, -0.1) is 0 Å². The van der Waals surface area contributed by atoms with Crippen LogP contribution in [0.15, 0.2) is 0 Å². The van der Waals surface area contributed by atoms with Gasteiger partial charge in [0.1, 0.15) is 5.60 Å². The van der Waals surface area contributed by atoms with E-state index in [1.807, 2.05) is 20.8 Å². The molecule has 4 heteroatoms. The van der Waals surface area contributed by atoms with E-state index < -0.39 is 5.60 Å². The highest BCUT2D eigenvalue weighted by Gasteiger charge is 2.36. The van der Waals surface area contributed by atoms with Crippen molar-refractivity contribution >= 4 is 6.09 Å². The largest absolute Gasteiger partial charge is 0.444 e. The second-order valence-electron chi connectivity index (χ2n) is 6.70. The minimum absolute atomic E-state index is 0.242. The number of hydrogen-bond donors (Lipinski definition) is 2. The van der Waals surface area contributed by atoms with Crippen LogP contribution in [0.4, 0.5) is 4.79 Å². The van der Waals surface area contributed by atoms with E-state index in [1.54, 1.807) is 0 Å². The highest BCUT2D eigenvalue weighted by atomic mass is 16.6. The van der Waals surface area contributed by atoms with E-state index in [9.17, 15) is 4.79 Å². The molecule has 0 aromatic rings. The summed E-state index contributed by atoms with van der Waals surface area (Å²) in [7, 11) is 0. The van der Waals surface area contributed by atoms with Gasteiger partial charge in [-0.3, -0.25) is 0 Å². The molecule has 0 aromatic heterocycles. The molecule has 1 saturated carbocycles. The van der Waals surface area contributed by atoms with Crippen molar-refractivity contribution in [3.05, 3.63) is 0 Å². The summed E-state index contributed by atoms with van der Waals surface area (Å²) in [6.45, 7) is 11.7. The van der Waals surface area contributed by atoms with Crippen molar-refractivity contribution in [2.75, 3.05) is 13.1 Å². The maximum atomic E-state index is 11.4. The molecule has 1 rings (SSSR count). The number of nitrogens with one attached hydrogen (secondary N) is 2. The molecule has 1 aliphatic carbocycles. The molecule has 18 heavy (non-hydrogen) atoms. The van der Waals surface area contributed by atoms with E-state index in [2.05, 4.69) is 24.5 Å². The van der Waals surface area contributed by atoms with Crippen molar-refractivity contribution in [2.24, 2.45) is 5.92 Å². The normalized spacial score (nSPS) is 16.5. The molecule has 0 spiro atoms. The molecule has 1 fully saturated rings. The average Bonchev–Trinajstić information content (AvgIpc) is 2.96. The van der Waals surface area contributed by atoms with Crippen molar-refractivity contribution in [3.8, 4) is 0 Å². The SMILES string of the molecule is CC(C)(C)OC(=O)NCCCNC(C)(C)C1CC1. The molecule has 0 radical (unpaired) electrons. The first-order valence-electron chi connectivity index (χ1n) is 6.92. The third-order valence-electron chi connectivity index (χ3n) is 3.20. The van der Waals surface area contributed by atoms with Crippen molar-refractivity contribution in [3.63, 3.8) is 0 Å². The van der Waals surface area contributed by atoms with Crippen LogP contribution in [0.2, 0.25) is 0 Å². The molecule has 0 unspecified atom stereocenters. The maximum absolute atomic E-state index is 11.4. The summed E-state index contributed by atoms with van der Waals surface area (Å²) >= 11 is 0. The summed E-state index contributed by atoms with van der Waals surface area (Å²) in [6, 6.07) is 0. The Morgan fingerprint density at radius 2 is 1.78 bits per heavy atom. The van der Waals surface area contributed by atoms with Crippen LogP contribution in [0.1, 0.15) is 53.9 Å². The Morgan fingerprint density at radius 1 is 1.17 bits per heavy atom. The number of amides is 1. The maximum Gasteiger partial charge on any atom is 0.407 e. The van der Waals surface area contributed by atoms with Gasteiger partial charge < -0.3 is 15.4 Å². The van der Waals surface area contributed by atoms with Gasteiger partial charge in [0.15, 0.2) is 0 Å². The van der Waals surface area contributed by atoms with Crippen LogP contribution in [0, 0.1) is 5.92 Å². The number of carbonyl (C=O) groups is 1. The van der Waals surface area contributed by atoms with E-state index in [0.717, 1.165) is 18.9 Å². The molecule has 1 amide bonds. The predicted octanol–water partition coefficient (Wildman–Crippen LogP) is 2.68. The van der Waals surface area contributed by atoms with E-state index in [0.29, 0.717) is 6.54 Å². The van der Waals surface area contributed by atoms with Gasteiger partial charge in [0.25, 0.3) is 0 Å². The van der Waals surface area contributed by atoms with Gasteiger partial charge in [-0.25, -0.2) is 4.79 Å². The fourth-order valence-electron chi connectivity index (χ4n) is 1.95. The molecule has 2 N–H and O–H groups in total. The minimum Gasteiger partial charge on any atom is -0.444 e. The van der Waals surface area contributed by atoms with Crippen LogP contribution in [0.25, 0.3) is 0 Å². The molecular weight excluding hydrogens is 228 g/mol. The Kier molecular flexibility index (Phi) is 5.02. The number of alkyl carbamates (subject to hydrolysis) is 1. The molecule has 0 heterocycles. The summed E-state index contributed by atoms with van der Waals surface area (Å²) in [6.07, 6.45) is 3.28. The van der Waals surface area contributed by atoms with E-state index in [1.165, 1.54) is 12.8 Å². The lowest BCUT2D eigenvalue weighted by Crippen LogP contribution is -2.42. The monoisotopic (exact) mass is 256 g/mol. The smallest absolute Gasteiger partial charge is 0.407 e. The molecule has 4 nitrogen and oxygen atoms in total. The summed E-state index contributed by atoms with van der Waals surface area (Å²) in [5, 5.41) is 6.32. The standard InChI is InChI=1S/C14H28N2O2/c1-13(2,3)18-12(17)15-9-6-10-16-14(4,5)11-7-8-11/h11,16H,6-10H2,1-5H3,(H,15,17). The number of rotatable bonds is 6. The predicted molar refractivity (Wildman–Crippen MR) is 73.7 cm³/mol. The van der Waals surface area contributed by atoms with Crippen LogP contribution >= 0.6 is 0 Å². The zero-order valence-electron chi connectivity index (χ0n) is 12.4. The van der Waals surface area contributed by atoms with Gasteiger partial charge in [-0.2, -0.15) is 0 Å². The first-order valence-corrected chi connectivity index (χ1v) is 6.92. The first-order chi connectivity index (χ1) is 8.21. The minimum atomic E-state index is -0.420. The third-order valence-corrected chi connectivity index (χ3v) is 3.20. The van der Waals surface area contributed by atoms with Gasteiger partial charge in [-0.1, -0.05) is 0 Å². The Labute approximate surface area is 111 Å². The van der Waals surface area contributed by atoms with Gasteiger partial charge in [0.2, 0.25) is 0 Å². The highest BCUT2D eigenvalue weighted by molar-refractivity contribution is 5.67. The number of carbonyl (C=O) groups excluding carboxylic acids is 1. The third kappa shape index (κ3) is 6.24. The van der Waals surface area contributed by atoms with Crippen LogP contribution in [0.5, 0.6) is 0 Å². The zero-order valence-corrected chi connectivity index (χ0v) is 12.4. The number of ether oxygens (including phenoxy) is 1. The molecule has 0 saturated heterocycles. The van der Waals surface area contributed by atoms with E-state index in [-0.39, 0.29) is 11.6 Å². The Balaban J connectivity index is 2.03. The molecule has 1 aliphatic rings. The van der Waals surface area contributed by atoms with Crippen molar-refractivity contribution in [1.82, 2.24) is 10.6 Å². The van der Waals surface area contributed by atoms with Gasteiger partial charge in [-0.05, 0) is 66.3 Å². The van der Waals surface area contributed by atoms with E-state index >= 15 is 0 Å². The summed E-state index contributed by atoms with van der Waals surface area (Å²) in [5.74, 6) is 0.830. The molecular formula is C14H28N2O2. The lowest BCUT2D eigenvalue weighted by Gasteiger charge is -2.26. The summed E-state index contributed by atoms with van der Waals surface area (Å²) in [4.78, 5) is 11.4. The van der Waals surface area contributed by atoms with Gasteiger partial charge >= 0.3 is 6.09 Å². The lowest BCUT2D eigenvalue weighted by atomic mass is 9.99. The van der Waals surface area contributed by atoms with E-state index in [4.69, 9.17) is 4.74 Å². The Hall–Kier alpha value is -0.770. The van der Waals surface area contributed by atoms with Crippen LogP contribution in [-0.2, 0) is 4.74 Å². The highest BCUT2D eigenvalue weighted by Crippen LogP contribution is 2.38. The lowest BCUT2D eigenvalue weighted by molar-refractivity contribution is 0.0527. The van der Waals surface area contributed by atoms with Gasteiger partial charge in [0, 0.05) is 12.1 Å². The van der Waals surface area contributed by atoms with Gasteiger partial charge in [0.05, 0.1) is 0 Å². The Bertz CT molecular complexity index is 278. The number of hydrogen-bond acceptors (Lipinski definition) is 3. The zero-order chi connectivity index (χ0) is 13.8. The average molecular weight is 256 g/mol. The summed E-state index contributed by atoms with van der Waals surface area (Å²) < 4.78 is 5.16. The second kappa shape index (κ2) is 5.91. The topological polar surface area (TPSA) is 50.4 Å². The van der Waals surface area contributed by atoms with Crippen LogP contribution in [0.3, 0.4) is 0 Å². The van der Waals surface area contributed by atoms with Crippen molar-refractivity contribution < 1.29 is 9.53 Å². The molecule has 0 aromatic carbocycles. The quantitative estimate of drug-likeness (QED) is 0.718. The fraction of sp³-hybridized carbons (Fsp3) is 0.929. The molecule has 0 atom stereocenters. The van der Waals surface area contributed by atoms with Crippen LogP contribution in [-0.4, -0.2) is 30.3 Å². The molecule has 106 valence electrons. The Morgan fingerprint density at radius 3 is 2.28 bits per heavy atom. The van der Waals surface area contributed by atoms with Crippen LogP contribution < -0.4 is 10.6 Å². The first kappa shape index (κ1) is 15.3.